The zero-order chi connectivity index (χ0) is 21.3. The Morgan fingerprint density at radius 3 is 2.23 bits per heavy atom. The molecule has 1 aromatic heterocycles. The van der Waals surface area contributed by atoms with Crippen molar-refractivity contribution in [2.45, 2.75) is 5.41 Å². The number of carbonyl (C=O) groups is 1. The molecule has 0 N–H and O–H groups in total. The molecule has 0 radical (unpaired) electrons. The molecule has 0 fully saturated rings. The Morgan fingerprint density at radius 1 is 0.933 bits per heavy atom. The van der Waals surface area contributed by atoms with Gasteiger partial charge in [0, 0.05) is 34.2 Å². The van der Waals surface area contributed by atoms with Gasteiger partial charge in [0.15, 0.2) is 0 Å². The molecule has 1 unspecified atom stereocenters. The first-order valence-electron chi connectivity index (χ1n) is 9.56. The van der Waals surface area contributed by atoms with Crippen LogP contribution in [0.1, 0.15) is 16.7 Å². The third-order valence-corrected chi connectivity index (χ3v) is 6.07. The molecule has 0 saturated carbocycles. The van der Waals surface area contributed by atoms with E-state index in [0.29, 0.717) is 0 Å². The predicted octanol–water partition coefficient (Wildman–Crippen LogP) is 5.46. The molecule has 0 aliphatic heterocycles. The van der Waals surface area contributed by atoms with Crippen molar-refractivity contribution in [1.29, 1.82) is 0 Å². The number of hydrogen-bond donors (Lipinski definition) is 0. The van der Waals surface area contributed by atoms with Gasteiger partial charge in [0.05, 0.1) is 14.2 Å². The molecule has 152 valence electrons. The molecule has 0 amide bonds. The van der Waals surface area contributed by atoms with Crippen LogP contribution in [0.2, 0.25) is 0 Å². The van der Waals surface area contributed by atoms with E-state index in [0.717, 1.165) is 37.8 Å². The summed E-state index contributed by atoms with van der Waals surface area (Å²) in [5.41, 5.74) is 2.43. The second-order valence-electron chi connectivity index (χ2n) is 7.15. The average molecular weight is 464 g/mol. The molecule has 1 atom stereocenters. The van der Waals surface area contributed by atoms with E-state index in [9.17, 15) is 4.79 Å². The number of aryl methyl sites for hydroxylation is 1. The molecule has 0 spiro atoms. The van der Waals surface area contributed by atoms with Crippen LogP contribution in [0.3, 0.4) is 0 Å². The summed E-state index contributed by atoms with van der Waals surface area (Å²) in [7, 11) is 5.05. The minimum atomic E-state index is -1.13. The van der Waals surface area contributed by atoms with E-state index in [2.05, 4.69) is 22.0 Å². The van der Waals surface area contributed by atoms with E-state index in [-0.39, 0.29) is 5.97 Å². The maximum Gasteiger partial charge on any atom is 0.325 e. The fraction of sp³-hybridized carbons (Fsp3) is 0.160. The second kappa shape index (κ2) is 8.00. The monoisotopic (exact) mass is 463 g/mol. The highest BCUT2D eigenvalue weighted by atomic mass is 79.9. The van der Waals surface area contributed by atoms with Gasteiger partial charge in [-0.25, -0.2) is 0 Å². The zero-order valence-electron chi connectivity index (χ0n) is 17.1. The first kappa shape index (κ1) is 20.2. The van der Waals surface area contributed by atoms with Crippen LogP contribution in [-0.2, 0) is 22.0 Å². The van der Waals surface area contributed by atoms with Crippen molar-refractivity contribution in [1.82, 2.24) is 4.57 Å². The molecule has 4 rings (SSSR count). The summed E-state index contributed by atoms with van der Waals surface area (Å²) >= 11 is 3.56. The van der Waals surface area contributed by atoms with Gasteiger partial charge in [-0.2, -0.15) is 0 Å². The van der Waals surface area contributed by atoms with Crippen molar-refractivity contribution in [3.8, 4) is 5.75 Å². The number of carbonyl (C=O) groups excluding carboxylic acids is 1. The van der Waals surface area contributed by atoms with Gasteiger partial charge < -0.3 is 14.0 Å². The number of methoxy groups -OCH3 is 2. The largest absolute Gasteiger partial charge is 0.497 e. The number of halogens is 1. The molecule has 4 aromatic rings. The molecule has 0 aliphatic rings. The summed E-state index contributed by atoms with van der Waals surface area (Å²) < 4.78 is 13.8. The predicted molar refractivity (Wildman–Crippen MR) is 122 cm³/mol. The quantitative estimate of drug-likeness (QED) is 0.369. The van der Waals surface area contributed by atoms with E-state index < -0.39 is 5.41 Å². The van der Waals surface area contributed by atoms with Gasteiger partial charge >= 0.3 is 5.97 Å². The van der Waals surface area contributed by atoms with Crippen LogP contribution in [0.5, 0.6) is 5.75 Å². The molecule has 0 bridgehead atoms. The van der Waals surface area contributed by atoms with Crippen molar-refractivity contribution in [3.63, 3.8) is 0 Å². The third kappa shape index (κ3) is 3.10. The highest BCUT2D eigenvalue weighted by Crippen LogP contribution is 2.44. The molecular formula is C25H22BrNO3. The van der Waals surface area contributed by atoms with Gasteiger partial charge in [-0.05, 0) is 35.4 Å². The Labute approximate surface area is 184 Å². The first-order valence-corrected chi connectivity index (χ1v) is 10.3. The van der Waals surface area contributed by atoms with Crippen LogP contribution in [0.25, 0.3) is 10.9 Å². The van der Waals surface area contributed by atoms with Crippen LogP contribution in [0.4, 0.5) is 0 Å². The van der Waals surface area contributed by atoms with Crippen molar-refractivity contribution >= 4 is 32.8 Å². The minimum absolute atomic E-state index is 0.339. The smallest absolute Gasteiger partial charge is 0.325 e. The lowest BCUT2D eigenvalue weighted by molar-refractivity contribution is -0.144. The lowest BCUT2D eigenvalue weighted by Gasteiger charge is -2.32. The van der Waals surface area contributed by atoms with Crippen LogP contribution in [-0.4, -0.2) is 24.8 Å². The minimum Gasteiger partial charge on any atom is -0.497 e. The Kier molecular flexibility index (Phi) is 5.39. The zero-order valence-corrected chi connectivity index (χ0v) is 18.6. The molecule has 0 saturated heterocycles. The maximum absolute atomic E-state index is 13.6. The number of esters is 1. The van der Waals surface area contributed by atoms with Crippen molar-refractivity contribution in [2.24, 2.45) is 7.05 Å². The topological polar surface area (TPSA) is 40.5 Å². The number of fused-ring (bicyclic) bond motifs is 1. The Bertz CT molecular complexity index is 1200. The molecule has 4 nitrogen and oxygen atoms in total. The van der Waals surface area contributed by atoms with E-state index in [4.69, 9.17) is 9.47 Å². The third-order valence-electron chi connectivity index (χ3n) is 5.58. The van der Waals surface area contributed by atoms with Crippen molar-refractivity contribution < 1.29 is 14.3 Å². The lowest BCUT2D eigenvalue weighted by atomic mass is 9.69. The highest BCUT2D eigenvalue weighted by Gasteiger charge is 2.47. The Hall–Kier alpha value is -3.05. The van der Waals surface area contributed by atoms with Crippen molar-refractivity contribution in [3.05, 3.63) is 100 Å². The summed E-state index contributed by atoms with van der Waals surface area (Å²) in [6.45, 7) is 0. The lowest BCUT2D eigenvalue weighted by Crippen LogP contribution is -2.39. The van der Waals surface area contributed by atoms with E-state index in [1.54, 1.807) is 7.11 Å². The van der Waals surface area contributed by atoms with Gasteiger partial charge in [0.1, 0.15) is 11.2 Å². The molecule has 30 heavy (non-hydrogen) atoms. The second-order valence-corrected chi connectivity index (χ2v) is 8.07. The number of benzene rings is 3. The number of nitrogens with zero attached hydrogens (tertiary/aromatic N) is 1. The number of ether oxygens (including phenoxy) is 2. The molecule has 5 heteroatoms. The maximum atomic E-state index is 13.6. The number of hydrogen-bond acceptors (Lipinski definition) is 3. The van der Waals surface area contributed by atoms with Gasteiger partial charge in [-0.15, -0.1) is 0 Å². The van der Waals surface area contributed by atoms with Crippen LogP contribution in [0, 0.1) is 0 Å². The standard InChI is InChI=1S/C25H22BrNO3/c1-27-16-22(21-14-11-19(26)15-23(21)27)25(24(28)30-3,17-7-5-4-6-8-17)18-9-12-20(29-2)13-10-18/h4-16H,1-3H3. The summed E-state index contributed by atoms with van der Waals surface area (Å²) in [4.78, 5) is 13.6. The van der Waals surface area contributed by atoms with E-state index >= 15 is 0 Å². The SMILES string of the molecule is COC(=O)C(c1ccccc1)(c1ccc(OC)cc1)c1cn(C)c2cc(Br)ccc12. The molecular weight excluding hydrogens is 442 g/mol. The summed E-state index contributed by atoms with van der Waals surface area (Å²) in [6.07, 6.45) is 2.02. The first-order chi connectivity index (χ1) is 14.5. The van der Waals surface area contributed by atoms with E-state index in [1.807, 2.05) is 84.5 Å². The van der Waals surface area contributed by atoms with Crippen molar-refractivity contribution in [2.75, 3.05) is 14.2 Å². The average Bonchev–Trinajstić information content (AvgIpc) is 3.11. The normalized spacial score (nSPS) is 13.1. The van der Waals surface area contributed by atoms with Gasteiger partial charge in [-0.1, -0.05) is 64.5 Å². The summed E-state index contributed by atoms with van der Waals surface area (Å²) in [6, 6.07) is 23.5. The van der Waals surface area contributed by atoms with Crippen LogP contribution >= 0.6 is 15.9 Å². The molecule has 0 aliphatic carbocycles. The fourth-order valence-electron chi connectivity index (χ4n) is 4.16. The Morgan fingerprint density at radius 2 is 1.60 bits per heavy atom. The van der Waals surface area contributed by atoms with Gasteiger partial charge in [0.25, 0.3) is 0 Å². The van der Waals surface area contributed by atoms with Gasteiger partial charge in [-0.3, -0.25) is 4.79 Å². The van der Waals surface area contributed by atoms with Crippen LogP contribution < -0.4 is 4.74 Å². The molecule has 1 heterocycles. The molecule has 3 aromatic carbocycles. The van der Waals surface area contributed by atoms with Crippen LogP contribution in [0.15, 0.2) is 83.5 Å². The number of rotatable bonds is 5. The highest BCUT2D eigenvalue weighted by molar-refractivity contribution is 9.10. The van der Waals surface area contributed by atoms with Gasteiger partial charge in [0.2, 0.25) is 0 Å². The fourth-order valence-corrected chi connectivity index (χ4v) is 4.51. The number of aromatic nitrogens is 1. The summed E-state index contributed by atoms with van der Waals surface area (Å²) in [5, 5.41) is 0.991. The summed E-state index contributed by atoms with van der Waals surface area (Å²) in [5.74, 6) is 0.390. The van der Waals surface area contributed by atoms with E-state index in [1.165, 1.54) is 7.11 Å². The Balaban J connectivity index is 2.14.